The van der Waals surface area contributed by atoms with E-state index in [0.717, 1.165) is 31.6 Å². The second-order valence-electron chi connectivity index (χ2n) is 6.79. The molecule has 5 nitrogen and oxygen atoms in total. The monoisotopic (exact) mass is 351 g/mol. The van der Waals surface area contributed by atoms with Gasteiger partial charge in [-0.15, -0.1) is 0 Å². The number of aromatic nitrogens is 1. The number of hydrogen-bond donors (Lipinski definition) is 0. The number of anilines is 1. The molecule has 1 fully saturated rings. The molecule has 2 aromatic rings. The molecule has 2 amide bonds. The van der Waals surface area contributed by atoms with E-state index < -0.39 is 0 Å². The summed E-state index contributed by atoms with van der Waals surface area (Å²) < 4.78 is 0. The lowest BCUT2D eigenvalue weighted by Gasteiger charge is -2.30. The maximum Gasteiger partial charge on any atom is 0.272 e. The Bertz CT molecular complexity index is 768. The highest BCUT2D eigenvalue weighted by Gasteiger charge is 2.24. The van der Waals surface area contributed by atoms with Gasteiger partial charge in [0.2, 0.25) is 0 Å². The van der Waals surface area contributed by atoms with Crippen molar-refractivity contribution in [2.45, 2.75) is 26.7 Å². The first-order valence-electron chi connectivity index (χ1n) is 9.22. The van der Waals surface area contributed by atoms with Gasteiger partial charge in [0.25, 0.3) is 11.8 Å². The molecule has 0 saturated carbocycles. The summed E-state index contributed by atoms with van der Waals surface area (Å²) >= 11 is 0. The quantitative estimate of drug-likeness (QED) is 0.845. The Kier molecular flexibility index (Phi) is 5.66. The zero-order valence-corrected chi connectivity index (χ0v) is 15.4. The molecule has 1 aliphatic heterocycles. The van der Waals surface area contributed by atoms with Crippen LogP contribution >= 0.6 is 0 Å². The molecular formula is C21H25N3O2. The summed E-state index contributed by atoms with van der Waals surface area (Å²) in [4.78, 5) is 33.4. The topological polar surface area (TPSA) is 53.5 Å². The lowest BCUT2D eigenvalue weighted by molar-refractivity contribution is 0.0691. The molecule has 1 aromatic heterocycles. The van der Waals surface area contributed by atoms with E-state index in [1.165, 1.54) is 0 Å². The molecule has 5 heteroatoms. The number of rotatable bonds is 4. The molecule has 0 bridgehead atoms. The Labute approximate surface area is 154 Å². The minimum absolute atomic E-state index is 0.0886. The van der Waals surface area contributed by atoms with Crippen LogP contribution in [-0.2, 0) is 0 Å². The van der Waals surface area contributed by atoms with Crippen LogP contribution in [0.3, 0.4) is 0 Å². The maximum absolute atomic E-state index is 12.9. The number of likely N-dealkylation sites (tertiary alicyclic amines) is 1. The number of amides is 2. The highest BCUT2D eigenvalue weighted by atomic mass is 16.2. The Hall–Kier alpha value is -2.69. The summed E-state index contributed by atoms with van der Waals surface area (Å²) in [6.07, 6.45) is 3.58. The summed E-state index contributed by atoms with van der Waals surface area (Å²) in [7, 11) is 0. The van der Waals surface area contributed by atoms with Crippen LogP contribution in [0.4, 0.5) is 5.69 Å². The first-order chi connectivity index (χ1) is 12.6. The Balaban J connectivity index is 1.80. The van der Waals surface area contributed by atoms with E-state index in [0.29, 0.717) is 23.7 Å². The van der Waals surface area contributed by atoms with Gasteiger partial charge in [-0.2, -0.15) is 0 Å². The number of para-hydroxylation sites is 1. The van der Waals surface area contributed by atoms with Gasteiger partial charge in [0.05, 0.1) is 0 Å². The van der Waals surface area contributed by atoms with E-state index in [2.05, 4.69) is 11.9 Å². The Morgan fingerprint density at radius 2 is 1.85 bits per heavy atom. The van der Waals surface area contributed by atoms with Gasteiger partial charge in [-0.3, -0.25) is 14.6 Å². The molecule has 0 aliphatic carbocycles. The van der Waals surface area contributed by atoms with Crippen LogP contribution in [0, 0.1) is 5.92 Å². The molecule has 136 valence electrons. The van der Waals surface area contributed by atoms with E-state index in [9.17, 15) is 9.59 Å². The average Bonchev–Trinajstić information content (AvgIpc) is 2.69. The second kappa shape index (κ2) is 8.13. The van der Waals surface area contributed by atoms with E-state index in [4.69, 9.17) is 0 Å². The van der Waals surface area contributed by atoms with Crippen molar-refractivity contribution in [2.75, 3.05) is 24.5 Å². The molecular weight excluding hydrogens is 326 g/mol. The highest BCUT2D eigenvalue weighted by molar-refractivity contribution is 6.07. The number of piperidine rings is 1. The first kappa shape index (κ1) is 18.1. The van der Waals surface area contributed by atoms with Crippen LogP contribution in [0.2, 0.25) is 0 Å². The van der Waals surface area contributed by atoms with Crippen molar-refractivity contribution in [1.82, 2.24) is 9.88 Å². The summed E-state index contributed by atoms with van der Waals surface area (Å²) in [5.41, 5.74) is 1.67. The van der Waals surface area contributed by atoms with Gasteiger partial charge in [0.1, 0.15) is 5.69 Å². The number of nitrogens with zero attached hydrogens (tertiary/aromatic N) is 3. The third-order valence-electron chi connectivity index (χ3n) is 4.93. The molecule has 0 N–H and O–H groups in total. The largest absolute Gasteiger partial charge is 0.337 e. The number of benzene rings is 1. The molecule has 26 heavy (non-hydrogen) atoms. The predicted octanol–water partition coefficient (Wildman–Crippen LogP) is 3.62. The van der Waals surface area contributed by atoms with Crippen LogP contribution < -0.4 is 4.90 Å². The van der Waals surface area contributed by atoms with Gasteiger partial charge in [0.15, 0.2) is 0 Å². The molecule has 2 heterocycles. The third kappa shape index (κ3) is 3.93. The third-order valence-corrected chi connectivity index (χ3v) is 4.93. The summed E-state index contributed by atoms with van der Waals surface area (Å²) in [6, 6.07) is 12.8. The first-order valence-corrected chi connectivity index (χ1v) is 9.22. The van der Waals surface area contributed by atoms with Crippen molar-refractivity contribution < 1.29 is 9.59 Å². The van der Waals surface area contributed by atoms with Gasteiger partial charge in [-0.05, 0) is 49.9 Å². The van der Waals surface area contributed by atoms with Crippen molar-refractivity contribution in [2.24, 2.45) is 5.92 Å². The zero-order valence-electron chi connectivity index (χ0n) is 15.4. The van der Waals surface area contributed by atoms with E-state index in [1.807, 2.05) is 42.2 Å². The zero-order chi connectivity index (χ0) is 18.5. The fourth-order valence-electron chi connectivity index (χ4n) is 3.26. The van der Waals surface area contributed by atoms with Crippen molar-refractivity contribution in [3.63, 3.8) is 0 Å². The van der Waals surface area contributed by atoms with E-state index >= 15 is 0 Å². The van der Waals surface area contributed by atoms with Gasteiger partial charge < -0.3 is 9.80 Å². The molecule has 1 aromatic carbocycles. The highest BCUT2D eigenvalue weighted by Crippen LogP contribution is 2.19. The lowest BCUT2D eigenvalue weighted by atomic mass is 9.99. The van der Waals surface area contributed by atoms with Crippen molar-refractivity contribution in [1.29, 1.82) is 0 Å². The summed E-state index contributed by atoms with van der Waals surface area (Å²) in [6.45, 7) is 6.21. The van der Waals surface area contributed by atoms with Crippen LogP contribution in [0.5, 0.6) is 0 Å². The van der Waals surface area contributed by atoms with E-state index in [-0.39, 0.29) is 11.8 Å². The fraction of sp³-hybridized carbons (Fsp3) is 0.381. The van der Waals surface area contributed by atoms with Crippen LogP contribution in [0.25, 0.3) is 0 Å². The molecule has 0 radical (unpaired) electrons. The van der Waals surface area contributed by atoms with Crippen molar-refractivity contribution >= 4 is 17.5 Å². The molecule has 1 saturated heterocycles. The van der Waals surface area contributed by atoms with Gasteiger partial charge >= 0.3 is 0 Å². The average molecular weight is 351 g/mol. The van der Waals surface area contributed by atoms with E-state index in [1.54, 1.807) is 23.2 Å². The van der Waals surface area contributed by atoms with Crippen molar-refractivity contribution in [3.05, 3.63) is 59.9 Å². The van der Waals surface area contributed by atoms with Gasteiger partial charge in [-0.25, -0.2) is 0 Å². The lowest BCUT2D eigenvalue weighted by Crippen LogP contribution is -2.38. The normalized spacial score (nSPS) is 14.9. The maximum atomic E-state index is 12.9. The van der Waals surface area contributed by atoms with Gasteiger partial charge in [0, 0.05) is 37.1 Å². The Morgan fingerprint density at radius 1 is 1.15 bits per heavy atom. The Morgan fingerprint density at radius 3 is 2.50 bits per heavy atom. The number of carbonyl (C=O) groups excluding carboxylic acids is 2. The molecule has 1 aliphatic rings. The minimum atomic E-state index is -0.123. The van der Waals surface area contributed by atoms with Crippen LogP contribution in [0.15, 0.2) is 48.7 Å². The molecule has 0 unspecified atom stereocenters. The predicted molar refractivity (Wildman–Crippen MR) is 102 cm³/mol. The van der Waals surface area contributed by atoms with Crippen LogP contribution in [0.1, 0.15) is 47.5 Å². The number of pyridine rings is 1. The van der Waals surface area contributed by atoms with Gasteiger partial charge in [-0.1, -0.05) is 25.1 Å². The molecule has 3 rings (SSSR count). The summed E-state index contributed by atoms with van der Waals surface area (Å²) in [5.74, 6) is 0.445. The fourth-order valence-corrected chi connectivity index (χ4v) is 3.26. The minimum Gasteiger partial charge on any atom is -0.337 e. The number of carbonyl (C=O) groups is 2. The SMILES string of the molecule is CCN(C(=O)c1ccnc(C(=O)N2CCC(C)CC2)c1)c1ccccc1. The van der Waals surface area contributed by atoms with Crippen molar-refractivity contribution in [3.8, 4) is 0 Å². The standard InChI is InChI=1S/C21H25N3O2/c1-3-24(18-7-5-4-6-8-18)20(25)17-9-12-22-19(15-17)21(26)23-13-10-16(2)11-14-23/h4-9,12,15-16H,3,10-11,13-14H2,1-2H3. The second-order valence-corrected chi connectivity index (χ2v) is 6.79. The summed E-state index contributed by atoms with van der Waals surface area (Å²) in [5, 5.41) is 0. The number of hydrogen-bond acceptors (Lipinski definition) is 3. The molecule has 0 spiro atoms. The molecule has 0 atom stereocenters. The smallest absolute Gasteiger partial charge is 0.272 e. The van der Waals surface area contributed by atoms with Crippen LogP contribution in [-0.4, -0.2) is 41.3 Å².